The number of nitrogens with zero attached hydrogens (tertiary/aromatic N) is 3. The van der Waals surface area contributed by atoms with Gasteiger partial charge in [-0.1, -0.05) is 257 Å². The molecule has 13 aromatic carbocycles. The van der Waals surface area contributed by atoms with E-state index in [1.165, 1.54) is 99.7 Å². The van der Waals surface area contributed by atoms with Crippen LogP contribution < -0.4 is 9.80 Å². The van der Waals surface area contributed by atoms with Gasteiger partial charge in [0.25, 0.3) is 0 Å². The third-order valence-electron chi connectivity index (χ3n) is 20.0. The molecule has 1 heterocycles. The molecule has 91 heavy (non-hydrogen) atoms. The Labute approximate surface area is 533 Å². The standard InChI is InChI=1S/C88H65N3/c1-87(2)81-34-20-18-32-75(81)76-53-50-73(58-82(76)87)90(72-48-46-71(47-49-72)89(69-42-36-62(37-43-69)60-22-8-3-9-23-60)70-44-38-63(39-45-70)61-24-10-4-11-25-61)74-51-54-78-77-52-40-65(57-83(77)88(84(78)59-74,66-26-12-5-13-27-66)67-28-14-6-15-29-67)64-41-55-86-80(56-64)79-33-19-21-35-85(79)91(86)68-30-16-7-17-31-68/h3-59,76,82H,1-2H3. The minimum absolute atomic E-state index is 0.0873. The van der Waals surface area contributed by atoms with Crippen molar-refractivity contribution >= 4 is 50.2 Å². The molecule has 0 saturated heterocycles. The molecule has 14 aromatic rings. The fraction of sp³-hybridized carbons (Fsp3) is 0.0682. The van der Waals surface area contributed by atoms with Crippen molar-refractivity contribution in [2.45, 2.75) is 30.6 Å². The quantitative estimate of drug-likeness (QED) is 0.121. The van der Waals surface area contributed by atoms with E-state index < -0.39 is 5.41 Å². The first-order valence-corrected chi connectivity index (χ1v) is 31.9. The predicted octanol–water partition coefficient (Wildman–Crippen LogP) is 22.9. The lowest BCUT2D eigenvalue weighted by Gasteiger charge is -2.36. The highest BCUT2D eigenvalue weighted by Gasteiger charge is 2.48. The molecule has 0 spiro atoms. The molecule has 17 rings (SSSR count). The molecular formula is C88H65N3. The van der Waals surface area contributed by atoms with Gasteiger partial charge in [-0.05, 0) is 192 Å². The van der Waals surface area contributed by atoms with Crippen LogP contribution in [0.25, 0.3) is 72.0 Å². The van der Waals surface area contributed by atoms with Crippen LogP contribution in [0.5, 0.6) is 0 Å². The highest BCUT2D eigenvalue weighted by Crippen LogP contribution is 2.59. The number of fused-ring (bicyclic) bond motifs is 9. The molecule has 3 aliphatic carbocycles. The first-order chi connectivity index (χ1) is 44.9. The molecule has 3 heteroatoms. The van der Waals surface area contributed by atoms with Gasteiger partial charge in [-0.25, -0.2) is 0 Å². The molecule has 3 aliphatic rings. The number of hydrogen-bond acceptors (Lipinski definition) is 2. The van der Waals surface area contributed by atoms with Crippen LogP contribution >= 0.6 is 0 Å². The molecular weight excluding hydrogens is 1100 g/mol. The van der Waals surface area contributed by atoms with E-state index in [4.69, 9.17) is 0 Å². The van der Waals surface area contributed by atoms with E-state index in [1.54, 1.807) is 0 Å². The lowest BCUT2D eigenvalue weighted by molar-refractivity contribution is 0.392. The van der Waals surface area contributed by atoms with Gasteiger partial charge in [0.15, 0.2) is 0 Å². The minimum atomic E-state index is -0.675. The second-order valence-electron chi connectivity index (χ2n) is 25.2. The van der Waals surface area contributed by atoms with Gasteiger partial charge in [0.05, 0.1) is 16.4 Å². The summed E-state index contributed by atoms with van der Waals surface area (Å²) in [5.74, 6) is 0.531. The largest absolute Gasteiger partial charge is 0.311 e. The molecule has 432 valence electrons. The van der Waals surface area contributed by atoms with Crippen LogP contribution in [0.3, 0.4) is 0 Å². The average molecular weight is 1160 g/mol. The van der Waals surface area contributed by atoms with E-state index in [9.17, 15) is 0 Å². The normalized spacial score (nSPS) is 15.6. The first-order valence-electron chi connectivity index (χ1n) is 31.9. The number of para-hydroxylation sites is 2. The van der Waals surface area contributed by atoms with Gasteiger partial charge in [-0.2, -0.15) is 0 Å². The Bertz CT molecular complexity index is 4980. The molecule has 0 bridgehead atoms. The number of rotatable bonds is 12. The van der Waals surface area contributed by atoms with E-state index in [-0.39, 0.29) is 17.3 Å². The van der Waals surface area contributed by atoms with Gasteiger partial charge in [0, 0.05) is 56.5 Å². The van der Waals surface area contributed by atoms with E-state index in [1.807, 2.05) is 0 Å². The fourth-order valence-electron chi connectivity index (χ4n) is 15.6. The summed E-state index contributed by atoms with van der Waals surface area (Å²) in [6.45, 7) is 4.87. The monoisotopic (exact) mass is 1160 g/mol. The van der Waals surface area contributed by atoms with Gasteiger partial charge < -0.3 is 14.4 Å². The van der Waals surface area contributed by atoms with Crippen LogP contribution in [0.15, 0.2) is 352 Å². The number of allylic oxidation sites excluding steroid dienone is 3. The molecule has 3 nitrogen and oxygen atoms in total. The molecule has 0 fully saturated rings. The summed E-state index contributed by atoms with van der Waals surface area (Å²) in [5.41, 5.74) is 26.8. The Balaban J connectivity index is 0.830. The second kappa shape index (κ2) is 21.8. The van der Waals surface area contributed by atoms with Crippen LogP contribution in [-0.2, 0) is 10.8 Å². The Morgan fingerprint density at radius 1 is 0.330 bits per heavy atom. The van der Waals surface area contributed by atoms with Crippen LogP contribution in [0.1, 0.15) is 53.1 Å². The summed E-state index contributed by atoms with van der Waals surface area (Å²) in [5, 5.41) is 2.48. The number of aromatic nitrogens is 1. The van der Waals surface area contributed by atoms with Crippen molar-refractivity contribution in [2.75, 3.05) is 9.80 Å². The highest BCUT2D eigenvalue weighted by atomic mass is 15.2. The van der Waals surface area contributed by atoms with Crippen LogP contribution in [0, 0.1) is 5.92 Å². The maximum absolute atomic E-state index is 2.58. The van der Waals surface area contributed by atoms with Crippen molar-refractivity contribution in [3.05, 3.63) is 385 Å². The summed E-state index contributed by atoms with van der Waals surface area (Å²) in [4.78, 5) is 4.91. The molecule has 0 saturated carbocycles. The number of anilines is 5. The van der Waals surface area contributed by atoms with Crippen molar-refractivity contribution in [3.63, 3.8) is 0 Å². The SMILES string of the molecule is CC1(C)c2ccccc2C2C=CC(N(c3ccc(N(c4ccc(-c5ccccc5)cc4)c4ccc(-c5ccccc5)cc4)cc3)c3ccc4c(c3)C(c3ccccc3)(c3ccccc3)c3cc(-c5ccc6c(c5)c5ccccc5n6-c5ccccc5)ccc3-4)=CC21. The summed E-state index contributed by atoms with van der Waals surface area (Å²) in [6, 6.07) is 121. The lowest BCUT2D eigenvalue weighted by Crippen LogP contribution is -2.29. The molecule has 1 aromatic heterocycles. The van der Waals surface area contributed by atoms with Crippen molar-refractivity contribution in [3.8, 4) is 50.2 Å². The van der Waals surface area contributed by atoms with E-state index in [2.05, 4.69) is 374 Å². The van der Waals surface area contributed by atoms with E-state index in [0.717, 1.165) is 39.8 Å². The molecule has 0 N–H and O–H groups in total. The second-order valence-corrected chi connectivity index (χ2v) is 25.2. The zero-order chi connectivity index (χ0) is 60.6. The third kappa shape index (κ3) is 8.86. The molecule has 0 aliphatic heterocycles. The maximum Gasteiger partial charge on any atom is 0.0714 e. The van der Waals surface area contributed by atoms with Gasteiger partial charge in [-0.15, -0.1) is 0 Å². The fourth-order valence-corrected chi connectivity index (χ4v) is 15.6. The van der Waals surface area contributed by atoms with E-state index >= 15 is 0 Å². The highest BCUT2D eigenvalue weighted by molar-refractivity contribution is 6.10. The van der Waals surface area contributed by atoms with Gasteiger partial charge in [-0.3, -0.25) is 0 Å². The summed E-state index contributed by atoms with van der Waals surface area (Å²) in [7, 11) is 0. The average Bonchev–Trinajstić information content (AvgIpc) is 1.58. The zero-order valence-electron chi connectivity index (χ0n) is 50.9. The third-order valence-corrected chi connectivity index (χ3v) is 20.0. The topological polar surface area (TPSA) is 11.4 Å². The molecule has 0 radical (unpaired) electrons. The summed E-state index contributed by atoms with van der Waals surface area (Å²) < 4.78 is 2.40. The first kappa shape index (κ1) is 53.9. The number of benzene rings is 13. The molecule has 0 amide bonds. The Kier molecular flexibility index (Phi) is 12.9. The Morgan fingerprint density at radius 3 is 1.38 bits per heavy atom. The molecule has 2 unspecified atom stereocenters. The van der Waals surface area contributed by atoms with Crippen LogP contribution in [0.2, 0.25) is 0 Å². The van der Waals surface area contributed by atoms with Crippen molar-refractivity contribution in [2.24, 2.45) is 5.92 Å². The number of hydrogen-bond donors (Lipinski definition) is 0. The van der Waals surface area contributed by atoms with Crippen molar-refractivity contribution < 1.29 is 0 Å². The van der Waals surface area contributed by atoms with Crippen molar-refractivity contribution in [1.82, 2.24) is 4.57 Å². The Hall–Kier alpha value is -11.3. The van der Waals surface area contributed by atoms with Crippen LogP contribution in [-0.4, -0.2) is 4.57 Å². The van der Waals surface area contributed by atoms with Gasteiger partial charge in [0.2, 0.25) is 0 Å². The molecule has 2 atom stereocenters. The zero-order valence-corrected chi connectivity index (χ0v) is 50.9. The smallest absolute Gasteiger partial charge is 0.0714 e. The predicted molar refractivity (Wildman–Crippen MR) is 381 cm³/mol. The van der Waals surface area contributed by atoms with Gasteiger partial charge in [0.1, 0.15) is 0 Å². The summed E-state index contributed by atoms with van der Waals surface area (Å²) >= 11 is 0. The van der Waals surface area contributed by atoms with E-state index in [0.29, 0.717) is 0 Å². The van der Waals surface area contributed by atoms with Crippen molar-refractivity contribution in [1.29, 1.82) is 0 Å². The minimum Gasteiger partial charge on any atom is -0.311 e. The van der Waals surface area contributed by atoms with Crippen LogP contribution in [0.4, 0.5) is 28.4 Å². The lowest BCUT2D eigenvalue weighted by atomic mass is 9.67. The maximum atomic E-state index is 2.58. The Morgan fingerprint density at radius 2 is 0.769 bits per heavy atom. The van der Waals surface area contributed by atoms with Gasteiger partial charge >= 0.3 is 0 Å². The summed E-state index contributed by atoms with van der Waals surface area (Å²) in [6.07, 6.45) is 7.46.